The van der Waals surface area contributed by atoms with Gasteiger partial charge in [0.05, 0.1) is 21.7 Å². The number of sulfonamides is 1. The van der Waals surface area contributed by atoms with E-state index in [4.69, 9.17) is 0 Å². The number of aryl methyl sites for hydroxylation is 1. The Balaban J connectivity index is 1.45. The van der Waals surface area contributed by atoms with Crippen LogP contribution in [0.2, 0.25) is 0 Å². The SMILES string of the molecule is Cc1cccc(C(=O)N2CCCC2)c1NC(=O)C1CCN(S(=O)(=O)c2ccccc2C#N)CC1. The van der Waals surface area contributed by atoms with Crippen LogP contribution < -0.4 is 5.32 Å². The van der Waals surface area contributed by atoms with Crippen molar-refractivity contribution in [3.8, 4) is 6.07 Å². The van der Waals surface area contributed by atoms with Crippen LogP contribution >= 0.6 is 0 Å². The summed E-state index contributed by atoms with van der Waals surface area (Å²) in [4.78, 5) is 27.9. The maximum Gasteiger partial charge on any atom is 0.255 e. The molecule has 0 atom stereocenters. The third-order valence-corrected chi connectivity index (χ3v) is 8.55. The number of hydrogen-bond donors (Lipinski definition) is 1. The molecular weight excluding hydrogens is 452 g/mol. The number of nitriles is 1. The summed E-state index contributed by atoms with van der Waals surface area (Å²) >= 11 is 0. The molecule has 8 nitrogen and oxygen atoms in total. The van der Waals surface area contributed by atoms with Crippen LogP contribution in [0.4, 0.5) is 5.69 Å². The summed E-state index contributed by atoms with van der Waals surface area (Å²) in [5.41, 5.74) is 1.94. The number of nitrogens with one attached hydrogen (secondary N) is 1. The highest BCUT2D eigenvalue weighted by Crippen LogP contribution is 2.29. The van der Waals surface area contributed by atoms with E-state index in [2.05, 4.69) is 5.32 Å². The zero-order valence-electron chi connectivity index (χ0n) is 19.2. The molecule has 2 aliphatic rings. The predicted octanol–water partition coefficient (Wildman–Crippen LogP) is 3.14. The minimum Gasteiger partial charge on any atom is -0.339 e. The molecule has 0 spiro atoms. The van der Waals surface area contributed by atoms with E-state index < -0.39 is 10.0 Å². The second-order valence-electron chi connectivity index (χ2n) is 8.77. The van der Waals surface area contributed by atoms with Crippen molar-refractivity contribution in [1.29, 1.82) is 5.26 Å². The van der Waals surface area contributed by atoms with Crippen molar-refractivity contribution in [3.05, 3.63) is 59.2 Å². The molecule has 9 heteroatoms. The maximum atomic E-state index is 13.1. The highest BCUT2D eigenvalue weighted by atomic mass is 32.2. The topological polar surface area (TPSA) is 111 Å². The van der Waals surface area contributed by atoms with Crippen molar-refractivity contribution in [2.75, 3.05) is 31.5 Å². The molecule has 178 valence electrons. The Morgan fingerprint density at radius 1 is 1.00 bits per heavy atom. The van der Waals surface area contributed by atoms with E-state index >= 15 is 0 Å². The van der Waals surface area contributed by atoms with Gasteiger partial charge in [-0.25, -0.2) is 8.42 Å². The molecule has 0 unspecified atom stereocenters. The van der Waals surface area contributed by atoms with Crippen LogP contribution in [0, 0.1) is 24.2 Å². The Bertz CT molecular complexity index is 1240. The molecule has 2 fully saturated rings. The second-order valence-corrected chi connectivity index (χ2v) is 10.7. The van der Waals surface area contributed by atoms with Gasteiger partial charge in [0.1, 0.15) is 6.07 Å². The number of anilines is 1. The first kappa shape index (κ1) is 23.9. The van der Waals surface area contributed by atoms with Crippen LogP contribution in [0.5, 0.6) is 0 Å². The average Bonchev–Trinajstić information content (AvgIpc) is 3.40. The van der Waals surface area contributed by atoms with Crippen LogP contribution in [0.15, 0.2) is 47.4 Å². The summed E-state index contributed by atoms with van der Waals surface area (Å²) in [6.45, 7) is 3.68. The fourth-order valence-corrected chi connectivity index (χ4v) is 6.22. The number of para-hydroxylation sites is 1. The molecule has 2 saturated heterocycles. The predicted molar refractivity (Wildman–Crippen MR) is 128 cm³/mol. The third kappa shape index (κ3) is 4.69. The number of hydrogen-bond acceptors (Lipinski definition) is 5. The van der Waals surface area contributed by atoms with Gasteiger partial charge >= 0.3 is 0 Å². The quantitative estimate of drug-likeness (QED) is 0.707. The smallest absolute Gasteiger partial charge is 0.255 e. The van der Waals surface area contributed by atoms with Crippen molar-refractivity contribution < 1.29 is 18.0 Å². The Morgan fingerprint density at radius 2 is 1.68 bits per heavy atom. The number of amides is 2. The van der Waals surface area contributed by atoms with E-state index in [1.807, 2.05) is 30.0 Å². The zero-order valence-corrected chi connectivity index (χ0v) is 20.0. The molecule has 2 amide bonds. The lowest BCUT2D eigenvalue weighted by molar-refractivity contribution is -0.120. The molecule has 2 heterocycles. The number of carbonyl (C=O) groups excluding carboxylic acids is 2. The van der Waals surface area contributed by atoms with Gasteiger partial charge in [0, 0.05) is 32.1 Å². The molecular formula is C25H28N4O4S. The molecule has 0 radical (unpaired) electrons. The Labute approximate surface area is 200 Å². The minimum atomic E-state index is -3.82. The minimum absolute atomic E-state index is 0.00891. The van der Waals surface area contributed by atoms with Gasteiger partial charge in [-0.2, -0.15) is 9.57 Å². The summed E-state index contributed by atoms with van der Waals surface area (Å²) in [5.74, 6) is -0.653. The Morgan fingerprint density at radius 3 is 2.35 bits per heavy atom. The van der Waals surface area contributed by atoms with E-state index in [-0.39, 0.29) is 41.3 Å². The molecule has 34 heavy (non-hydrogen) atoms. The number of piperidine rings is 1. The zero-order chi connectivity index (χ0) is 24.3. The summed E-state index contributed by atoms with van der Waals surface area (Å²) in [5, 5.41) is 12.2. The van der Waals surface area contributed by atoms with E-state index in [1.165, 1.54) is 16.4 Å². The van der Waals surface area contributed by atoms with Gasteiger partial charge in [-0.3, -0.25) is 9.59 Å². The van der Waals surface area contributed by atoms with Crippen LogP contribution in [-0.2, 0) is 14.8 Å². The highest BCUT2D eigenvalue weighted by molar-refractivity contribution is 7.89. The molecule has 1 N–H and O–H groups in total. The number of benzene rings is 2. The summed E-state index contributed by atoms with van der Waals surface area (Å²) in [6, 6.07) is 13.5. The Hall–Kier alpha value is -3.22. The Kier molecular flexibility index (Phi) is 7.00. The summed E-state index contributed by atoms with van der Waals surface area (Å²) in [7, 11) is -3.82. The molecule has 4 rings (SSSR count). The van der Waals surface area contributed by atoms with Gasteiger partial charge in [0.25, 0.3) is 5.91 Å². The van der Waals surface area contributed by atoms with Gasteiger partial charge < -0.3 is 10.2 Å². The van der Waals surface area contributed by atoms with Gasteiger partial charge in [-0.1, -0.05) is 24.3 Å². The molecule has 2 aromatic carbocycles. The van der Waals surface area contributed by atoms with Gasteiger partial charge in [-0.05, 0) is 56.4 Å². The molecule has 2 aliphatic heterocycles. The number of carbonyl (C=O) groups is 2. The summed E-state index contributed by atoms with van der Waals surface area (Å²) < 4.78 is 27.4. The van der Waals surface area contributed by atoms with E-state index in [0.717, 1.165) is 31.5 Å². The molecule has 2 aromatic rings. The first-order chi connectivity index (χ1) is 16.3. The van der Waals surface area contributed by atoms with Crippen LogP contribution in [0.1, 0.15) is 47.2 Å². The largest absolute Gasteiger partial charge is 0.339 e. The first-order valence-electron chi connectivity index (χ1n) is 11.5. The van der Waals surface area contributed by atoms with Crippen molar-refractivity contribution in [3.63, 3.8) is 0 Å². The molecule has 0 saturated carbocycles. The van der Waals surface area contributed by atoms with Gasteiger partial charge in [0.2, 0.25) is 15.9 Å². The third-order valence-electron chi connectivity index (χ3n) is 6.59. The van der Waals surface area contributed by atoms with Crippen molar-refractivity contribution in [1.82, 2.24) is 9.21 Å². The normalized spacial score (nSPS) is 17.4. The average molecular weight is 481 g/mol. The lowest BCUT2D eigenvalue weighted by Gasteiger charge is -2.31. The lowest BCUT2D eigenvalue weighted by atomic mass is 9.96. The standard InChI is InChI=1S/C25H28N4O4S/c1-18-7-6-9-21(25(31)28-13-4-5-14-28)23(18)27-24(30)19-11-15-29(16-12-19)34(32,33)22-10-3-2-8-20(22)17-26/h2-3,6-10,19H,4-5,11-16H2,1H3,(H,27,30). The molecule has 0 aromatic heterocycles. The van der Waals surface area contributed by atoms with Crippen LogP contribution in [0.25, 0.3) is 0 Å². The fourth-order valence-electron chi connectivity index (χ4n) is 4.61. The number of nitrogens with zero attached hydrogens (tertiary/aromatic N) is 3. The molecule has 0 bridgehead atoms. The van der Waals surface area contributed by atoms with Crippen molar-refractivity contribution >= 4 is 27.5 Å². The van der Waals surface area contributed by atoms with Crippen molar-refractivity contribution in [2.45, 2.75) is 37.5 Å². The monoisotopic (exact) mass is 480 g/mol. The number of rotatable bonds is 5. The van der Waals surface area contributed by atoms with Gasteiger partial charge in [0.15, 0.2) is 0 Å². The van der Waals surface area contributed by atoms with E-state index in [1.54, 1.807) is 18.2 Å². The maximum absolute atomic E-state index is 13.1. The summed E-state index contributed by atoms with van der Waals surface area (Å²) in [6.07, 6.45) is 2.70. The van der Waals surface area contributed by atoms with E-state index in [9.17, 15) is 23.3 Å². The van der Waals surface area contributed by atoms with Gasteiger partial charge in [-0.15, -0.1) is 0 Å². The van der Waals surface area contributed by atoms with Crippen LogP contribution in [0.3, 0.4) is 0 Å². The first-order valence-corrected chi connectivity index (χ1v) is 13.0. The van der Waals surface area contributed by atoms with E-state index in [0.29, 0.717) is 24.1 Å². The highest BCUT2D eigenvalue weighted by Gasteiger charge is 2.34. The molecule has 0 aliphatic carbocycles. The fraction of sp³-hybridized carbons (Fsp3) is 0.400. The lowest BCUT2D eigenvalue weighted by Crippen LogP contribution is -2.41. The van der Waals surface area contributed by atoms with Crippen molar-refractivity contribution in [2.24, 2.45) is 5.92 Å². The number of likely N-dealkylation sites (tertiary alicyclic amines) is 1. The second kappa shape index (κ2) is 9.95. The van der Waals surface area contributed by atoms with Crippen LogP contribution in [-0.4, -0.2) is 55.6 Å².